The summed E-state index contributed by atoms with van der Waals surface area (Å²) in [6.07, 6.45) is 1.54. The van der Waals surface area contributed by atoms with Crippen molar-refractivity contribution in [3.63, 3.8) is 0 Å². The molecule has 0 fully saturated rings. The first-order valence-corrected chi connectivity index (χ1v) is 10.4. The van der Waals surface area contributed by atoms with E-state index < -0.39 is 5.91 Å². The Morgan fingerprint density at radius 1 is 1.03 bits per heavy atom. The van der Waals surface area contributed by atoms with Crippen molar-refractivity contribution in [2.24, 2.45) is 5.92 Å². The Bertz CT molecular complexity index is 993. The SMILES string of the molecule is C=CCN1C(=O)C(Nc2ccccc2OCC)=C(c2ccc(OCC(C)C)cc2)C1=O. The van der Waals surface area contributed by atoms with Crippen LogP contribution < -0.4 is 14.8 Å². The number of benzene rings is 2. The first kappa shape index (κ1) is 22.2. The van der Waals surface area contributed by atoms with E-state index in [-0.39, 0.29) is 18.1 Å². The zero-order chi connectivity index (χ0) is 22.4. The minimum Gasteiger partial charge on any atom is -0.493 e. The Morgan fingerprint density at radius 3 is 2.39 bits per heavy atom. The third kappa shape index (κ3) is 4.97. The first-order valence-electron chi connectivity index (χ1n) is 10.4. The number of carbonyl (C=O) groups is 2. The lowest BCUT2D eigenvalue weighted by atomic mass is 10.0. The Hall–Kier alpha value is -3.54. The van der Waals surface area contributed by atoms with Crippen molar-refractivity contribution in [2.45, 2.75) is 20.8 Å². The zero-order valence-corrected chi connectivity index (χ0v) is 18.2. The molecule has 0 saturated heterocycles. The third-order valence-electron chi connectivity index (χ3n) is 4.65. The lowest BCUT2D eigenvalue weighted by Gasteiger charge is -2.14. The summed E-state index contributed by atoms with van der Waals surface area (Å²) in [4.78, 5) is 27.4. The van der Waals surface area contributed by atoms with E-state index in [1.807, 2.05) is 43.3 Å². The highest BCUT2D eigenvalue weighted by atomic mass is 16.5. The smallest absolute Gasteiger partial charge is 0.278 e. The highest BCUT2D eigenvalue weighted by Gasteiger charge is 2.38. The van der Waals surface area contributed by atoms with Crippen molar-refractivity contribution in [3.05, 3.63) is 72.4 Å². The summed E-state index contributed by atoms with van der Waals surface area (Å²) in [6, 6.07) is 14.5. The quantitative estimate of drug-likeness (QED) is 0.453. The van der Waals surface area contributed by atoms with E-state index in [2.05, 4.69) is 25.7 Å². The van der Waals surface area contributed by atoms with Crippen molar-refractivity contribution in [1.29, 1.82) is 0 Å². The van der Waals surface area contributed by atoms with E-state index in [0.717, 1.165) is 0 Å². The van der Waals surface area contributed by atoms with E-state index in [9.17, 15) is 9.59 Å². The number of amides is 2. The lowest BCUT2D eigenvalue weighted by molar-refractivity contribution is -0.136. The maximum absolute atomic E-state index is 13.1. The van der Waals surface area contributed by atoms with Gasteiger partial charge >= 0.3 is 0 Å². The summed E-state index contributed by atoms with van der Waals surface area (Å²) in [5.41, 5.74) is 1.79. The van der Waals surface area contributed by atoms with Crippen LogP contribution in [0.1, 0.15) is 26.3 Å². The number of carbonyl (C=O) groups excluding carboxylic acids is 2. The summed E-state index contributed by atoms with van der Waals surface area (Å²) >= 11 is 0. The minimum atomic E-state index is -0.397. The van der Waals surface area contributed by atoms with Gasteiger partial charge in [0.05, 0.1) is 24.5 Å². The van der Waals surface area contributed by atoms with Crippen molar-refractivity contribution in [1.82, 2.24) is 4.90 Å². The van der Waals surface area contributed by atoms with E-state index in [0.29, 0.717) is 47.5 Å². The molecule has 3 rings (SSSR count). The summed E-state index contributed by atoms with van der Waals surface area (Å²) in [5.74, 6) is 0.972. The van der Waals surface area contributed by atoms with Crippen molar-refractivity contribution in [3.8, 4) is 11.5 Å². The maximum Gasteiger partial charge on any atom is 0.278 e. The highest BCUT2D eigenvalue weighted by molar-refractivity contribution is 6.36. The molecule has 0 unspecified atom stereocenters. The predicted octanol–water partition coefficient (Wildman–Crippen LogP) is 4.50. The molecule has 1 aliphatic rings. The van der Waals surface area contributed by atoms with Crippen LogP contribution in [-0.4, -0.2) is 36.5 Å². The van der Waals surface area contributed by atoms with Crippen LogP contribution in [0.3, 0.4) is 0 Å². The molecule has 0 aromatic heterocycles. The molecule has 0 aliphatic carbocycles. The van der Waals surface area contributed by atoms with Gasteiger partial charge in [-0.05, 0) is 42.7 Å². The maximum atomic E-state index is 13.1. The van der Waals surface area contributed by atoms with Crippen molar-refractivity contribution < 1.29 is 19.1 Å². The van der Waals surface area contributed by atoms with Gasteiger partial charge in [-0.3, -0.25) is 14.5 Å². The van der Waals surface area contributed by atoms with Crippen LogP contribution in [0.15, 0.2) is 66.9 Å². The number of hydrogen-bond acceptors (Lipinski definition) is 5. The second kappa shape index (κ2) is 9.98. The van der Waals surface area contributed by atoms with Crippen LogP contribution in [0, 0.1) is 5.92 Å². The van der Waals surface area contributed by atoms with E-state index in [1.165, 1.54) is 11.0 Å². The summed E-state index contributed by atoms with van der Waals surface area (Å²) in [6.45, 7) is 10.9. The summed E-state index contributed by atoms with van der Waals surface area (Å²) < 4.78 is 11.4. The third-order valence-corrected chi connectivity index (χ3v) is 4.65. The van der Waals surface area contributed by atoms with Gasteiger partial charge in [-0.25, -0.2) is 0 Å². The molecule has 6 nitrogen and oxygen atoms in total. The van der Waals surface area contributed by atoms with Gasteiger partial charge in [0.15, 0.2) is 0 Å². The largest absolute Gasteiger partial charge is 0.493 e. The molecule has 0 spiro atoms. The van der Waals surface area contributed by atoms with Crippen molar-refractivity contribution >= 4 is 23.1 Å². The number of anilines is 1. The summed E-state index contributed by atoms with van der Waals surface area (Å²) in [7, 11) is 0. The van der Waals surface area contributed by atoms with Crippen LogP contribution in [0.5, 0.6) is 11.5 Å². The molecule has 0 bridgehead atoms. The normalized spacial score (nSPS) is 13.7. The molecule has 2 amide bonds. The van der Waals surface area contributed by atoms with E-state index in [1.54, 1.807) is 12.1 Å². The predicted molar refractivity (Wildman–Crippen MR) is 122 cm³/mol. The minimum absolute atomic E-state index is 0.134. The average molecular weight is 421 g/mol. The molecule has 1 N–H and O–H groups in total. The fourth-order valence-corrected chi connectivity index (χ4v) is 3.22. The number of rotatable bonds is 10. The number of para-hydroxylation sites is 2. The van der Waals surface area contributed by atoms with Crippen molar-refractivity contribution in [2.75, 3.05) is 25.1 Å². The summed E-state index contributed by atoms with van der Waals surface area (Å²) in [5, 5.41) is 3.14. The molecule has 162 valence electrons. The molecular weight excluding hydrogens is 392 g/mol. The fraction of sp³-hybridized carbons (Fsp3) is 0.280. The molecule has 31 heavy (non-hydrogen) atoms. The number of ether oxygens (including phenoxy) is 2. The molecule has 0 radical (unpaired) electrons. The second-order valence-corrected chi connectivity index (χ2v) is 7.54. The molecule has 2 aromatic rings. The Morgan fingerprint density at radius 2 is 1.74 bits per heavy atom. The number of nitrogens with zero attached hydrogens (tertiary/aromatic N) is 1. The Balaban J connectivity index is 1.99. The Labute approximate surface area is 183 Å². The van der Waals surface area contributed by atoms with Gasteiger partial charge in [0.2, 0.25) is 0 Å². The van der Waals surface area contributed by atoms with Crippen LogP contribution in [-0.2, 0) is 9.59 Å². The number of nitrogens with one attached hydrogen (secondary N) is 1. The molecule has 0 atom stereocenters. The van der Waals surface area contributed by atoms with E-state index in [4.69, 9.17) is 9.47 Å². The van der Waals surface area contributed by atoms with Gasteiger partial charge in [-0.1, -0.05) is 44.2 Å². The lowest BCUT2D eigenvalue weighted by Crippen LogP contribution is -2.32. The van der Waals surface area contributed by atoms with Crippen LogP contribution in [0.25, 0.3) is 5.57 Å². The molecule has 0 saturated carbocycles. The fourth-order valence-electron chi connectivity index (χ4n) is 3.22. The molecular formula is C25H28N2O4. The number of imide groups is 1. The Kier molecular flexibility index (Phi) is 7.13. The second-order valence-electron chi connectivity index (χ2n) is 7.54. The monoisotopic (exact) mass is 420 g/mol. The standard InChI is InChI=1S/C25H28N2O4/c1-5-15-27-24(28)22(18-11-13-19(14-12-18)31-16-17(3)4)23(25(27)29)26-20-9-7-8-10-21(20)30-6-2/h5,7-14,17,26H,1,6,15-16H2,2-4H3. The molecule has 2 aromatic carbocycles. The first-order chi connectivity index (χ1) is 15.0. The van der Waals surface area contributed by atoms with Gasteiger partial charge < -0.3 is 14.8 Å². The molecule has 1 aliphatic heterocycles. The van der Waals surface area contributed by atoms with Gasteiger partial charge in [0.25, 0.3) is 11.8 Å². The highest BCUT2D eigenvalue weighted by Crippen LogP contribution is 2.34. The van der Waals surface area contributed by atoms with Gasteiger partial charge in [0, 0.05) is 6.54 Å². The average Bonchev–Trinajstić information content (AvgIpc) is 2.99. The van der Waals surface area contributed by atoms with Crippen LogP contribution in [0.4, 0.5) is 5.69 Å². The van der Waals surface area contributed by atoms with Gasteiger partial charge in [0.1, 0.15) is 17.2 Å². The zero-order valence-electron chi connectivity index (χ0n) is 18.2. The van der Waals surface area contributed by atoms with Crippen LogP contribution in [0.2, 0.25) is 0 Å². The van der Waals surface area contributed by atoms with Crippen LogP contribution >= 0.6 is 0 Å². The van der Waals surface area contributed by atoms with Gasteiger partial charge in [-0.15, -0.1) is 6.58 Å². The van der Waals surface area contributed by atoms with E-state index >= 15 is 0 Å². The molecule has 1 heterocycles. The van der Waals surface area contributed by atoms with Gasteiger partial charge in [-0.2, -0.15) is 0 Å². The molecule has 6 heteroatoms. The topological polar surface area (TPSA) is 67.9 Å². The number of hydrogen-bond donors (Lipinski definition) is 1.